The molecule has 0 heterocycles. The van der Waals surface area contributed by atoms with Crippen molar-refractivity contribution < 1.29 is 24.3 Å². The lowest BCUT2D eigenvalue weighted by Gasteiger charge is -2.24. The summed E-state index contributed by atoms with van der Waals surface area (Å²) in [7, 11) is 0. The molecule has 0 rings (SSSR count). The molecule has 0 aromatic heterocycles. The summed E-state index contributed by atoms with van der Waals surface area (Å²) in [5.74, 6) is -3.14. The first-order chi connectivity index (χ1) is 14.8. The van der Waals surface area contributed by atoms with Crippen LogP contribution in [0.15, 0.2) is 4.99 Å². The van der Waals surface area contributed by atoms with Gasteiger partial charge in [0.05, 0.1) is 6.04 Å². The average Bonchev–Trinajstić information content (AvgIpc) is 2.66. The van der Waals surface area contributed by atoms with Gasteiger partial charge in [-0.1, -0.05) is 27.7 Å². The smallest absolute Gasteiger partial charge is 0.326 e. The van der Waals surface area contributed by atoms with Crippen LogP contribution in [0.4, 0.5) is 0 Å². The van der Waals surface area contributed by atoms with E-state index in [0.717, 1.165) is 0 Å². The van der Waals surface area contributed by atoms with Gasteiger partial charge in [-0.25, -0.2) is 4.79 Å². The molecule has 184 valence electrons. The molecule has 0 aromatic rings. The fourth-order valence-corrected chi connectivity index (χ4v) is 2.84. The third-order valence-electron chi connectivity index (χ3n) is 4.62. The minimum Gasteiger partial charge on any atom is -0.480 e. The van der Waals surface area contributed by atoms with Crippen LogP contribution in [0.5, 0.6) is 0 Å². The number of guanidine groups is 1. The number of hydrogen-bond donors (Lipinski definition) is 7. The molecular weight excluding hydrogens is 418 g/mol. The second-order valence-electron chi connectivity index (χ2n) is 8.54. The number of carboxylic acid groups (broad SMARTS) is 1. The van der Waals surface area contributed by atoms with Gasteiger partial charge in [-0.3, -0.25) is 19.4 Å². The average molecular weight is 458 g/mol. The maximum atomic E-state index is 12.8. The number of nitrogens with one attached hydrogen (secondary N) is 3. The van der Waals surface area contributed by atoms with Gasteiger partial charge >= 0.3 is 5.97 Å². The SMILES string of the molecule is CC(C)CC(N)C(=O)NC(CCCN=C(N)N)C(=O)NC(C)C(=O)NC(C(=O)O)C(C)C. The van der Waals surface area contributed by atoms with E-state index in [-0.39, 0.29) is 30.8 Å². The Balaban J connectivity index is 5.19. The molecule has 0 aromatic carbocycles. The van der Waals surface area contributed by atoms with Crippen molar-refractivity contribution in [3.63, 3.8) is 0 Å². The standard InChI is InChI=1S/C20H39N7O5/c1-10(2)9-13(21)17(29)26-14(7-6-8-24-20(22)23)18(30)25-12(5)16(28)27-15(11(3)4)19(31)32/h10-15H,6-9,21H2,1-5H3,(H,25,30)(H,26,29)(H,27,28)(H,31,32)(H4,22,23,24). The molecule has 0 fully saturated rings. The number of carbonyl (C=O) groups is 4. The quantitative estimate of drug-likeness (QED) is 0.0935. The van der Waals surface area contributed by atoms with Crippen molar-refractivity contribution in [2.24, 2.45) is 34.0 Å². The fourth-order valence-electron chi connectivity index (χ4n) is 2.84. The maximum Gasteiger partial charge on any atom is 0.326 e. The Morgan fingerprint density at radius 3 is 1.97 bits per heavy atom. The number of aliphatic imine (C=N–C) groups is 1. The molecular formula is C20H39N7O5. The Kier molecular flexibility index (Phi) is 12.9. The molecule has 0 aliphatic heterocycles. The molecule has 4 unspecified atom stereocenters. The van der Waals surface area contributed by atoms with Crippen molar-refractivity contribution in [2.75, 3.05) is 6.54 Å². The van der Waals surface area contributed by atoms with Crippen LogP contribution in [-0.2, 0) is 19.2 Å². The zero-order valence-electron chi connectivity index (χ0n) is 19.6. The van der Waals surface area contributed by atoms with E-state index in [4.69, 9.17) is 17.2 Å². The first-order valence-electron chi connectivity index (χ1n) is 10.7. The Bertz CT molecular complexity index is 677. The molecule has 10 N–H and O–H groups in total. The molecule has 0 aliphatic rings. The van der Waals surface area contributed by atoms with Crippen LogP contribution in [-0.4, -0.2) is 65.5 Å². The van der Waals surface area contributed by atoms with E-state index in [1.54, 1.807) is 13.8 Å². The van der Waals surface area contributed by atoms with Crippen LogP contribution in [0.1, 0.15) is 53.9 Å². The second kappa shape index (κ2) is 14.2. The zero-order valence-corrected chi connectivity index (χ0v) is 19.6. The lowest BCUT2D eigenvalue weighted by Crippen LogP contribution is -2.56. The topological polar surface area (TPSA) is 215 Å². The molecule has 12 heteroatoms. The number of hydrogen-bond acceptors (Lipinski definition) is 6. The maximum absolute atomic E-state index is 12.8. The highest BCUT2D eigenvalue weighted by molar-refractivity contribution is 5.93. The van der Waals surface area contributed by atoms with Crippen LogP contribution in [0, 0.1) is 11.8 Å². The van der Waals surface area contributed by atoms with Gasteiger partial charge < -0.3 is 38.3 Å². The summed E-state index contributed by atoms with van der Waals surface area (Å²) < 4.78 is 0. The van der Waals surface area contributed by atoms with E-state index in [1.807, 2.05) is 13.8 Å². The monoisotopic (exact) mass is 457 g/mol. The van der Waals surface area contributed by atoms with E-state index < -0.39 is 47.9 Å². The van der Waals surface area contributed by atoms with E-state index >= 15 is 0 Å². The van der Waals surface area contributed by atoms with Gasteiger partial charge in [0.15, 0.2) is 5.96 Å². The van der Waals surface area contributed by atoms with Crippen LogP contribution in [0.2, 0.25) is 0 Å². The Morgan fingerprint density at radius 1 is 0.906 bits per heavy atom. The number of aliphatic carboxylic acids is 1. The van der Waals surface area contributed by atoms with Crippen molar-refractivity contribution in [1.29, 1.82) is 0 Å². The third-order valence-corrected chi connectivity index (χ3v) is 4.62. The third kappa shape index (κ3) is 11.5. The molecule has 0 saturated carbocycles. The minimum atomic E-state index is -1.17. The molecule has 0 bridgehead atoms. The number of rotatable bonds is 14. The van der Waals surface area contributed by atoms with E-state index in [2.05, 4.69) is 20.9 Å². The van der Waals surface area contributed by atoms with Gasteiger partial charge in [-0.2, -0.15) is 0 Å². The lowest BCUT2D eigenvalue weighted by atomic mass is 10.0. The van der Waals surface area contributed by atoms with Crippen molar-refractivity contribution in [3.05, 3.63) is 0 Å². The molecule has 12 nitrogen and oxygen atoms in total. The first kappa shape index (κ1) is 29.1. The number of carboxylic acids is 1. The molecule has 32 heavy (non-hydrogen) atoms. The van der Waals surface area contributed by atoms with Crippen LogP contribution < -0.4 is 33.2 Å². The summed E-state index contributed by atoms with van der Waals surface area (Å²) in [6.07, 6.45) is 1.05. The first-order valence-corrected chi connectivity index (χ1v) is 10.7. The largest absolute Gasteiger partial charge is 0.480 e. The normalized spacial score (nSPS) is 14.8. The number of carbonyl (C=O) groups excluding carboxylic acids is 3. The molecule has 4 atom stereocenters. The van der Waals surface area contributed by atoms with Crippen LogP contribution in [0.3, 0.4) is 0 Å². The van der Waals surface area contributed by atoms with Crippen molar-refractivity contribution in [1.82, 2.24) is 16.0 Å². The highest BCUT2D eigenvalue weighted by Crippen LogP contribution is 2.06. The molecule has 0 aliphatic carbocycles. The highest BCUT2D eigenvalue weighted by atomic mass is 16.4. The van der Waals surface area contributed by atoms with Gasteiger partial charge in [0, 0.05) is 6.54 Å². The summed E-state index contributed by atoms with van der Waals surface area (Å²) in [6.45, 7) is 8.85. The molecule has 0 radical (unpaired) electrons. The minimum absolute atomic E-state index is 0.0857. The van der Waals surface area contributed by atoms with Gasteiger partial charge in [0.25, 0.3) is 0 Å². The van der Waals surface area contributed by atoms with Crippen LogP contribution in [0.25, 0.3) is 0 Å². The van der Waals surface area contributed by atoms with E-state index in [1.165, 1.54) is 6.92 Å². The van der Waals surface area contributed by atoms with E-state index in [0.29, 0.717) is 12.8 Å². The summed E-state index contributed by atoms with van der Waals surface area (Å²) in [4.78, 5) is 52.7. The van der Waals surface area contributed by atoms with Crippen molar-refractivity contribution in [2.45, 2.75) is 78.0 Å². The van der Waals surface area contributed by atoms with Crippen LogP contribution >= 0.6 is 0 Å². The molecule has 3 amide bonds. The Labute approximate surface area is 189 Å². The number of nitrogens with two attached hydrogens (primary N) is 3. The number of amides is 3. The highest BCUT2D eigenvalue weighted by Gasteiger charge is 2.29. The molecule has 0 spiro atoms. The van der Waals surface area contributed by atoms with Gasteiger partial charge in [-0.05, 0) is 38.0 Å². The summed E-state index contributed by atoms with van der Waals surface area (Å²) in [6, 6.07) is -3.87. The Morgan fingerprint density at radius 2 is 1.50 bits per heavy atom. The molecule has 0 saturated heterocycles. The zero-order chi connectivity index (χ0) is 25.0. The van der Waals surface area contributed by atoms with Gasteiger partial charge in [0.2, 0.25) is 17.7 Å². The fraction of sp³-hybridized carbons (Fsp3) is 0.750. The second-order valence-corrected chi connectivity index (χ2v) is 8.54. The predicted octanol–water partition coefficient (Wildman–Crippen LogP) is -1.37. The van der Waals surface area contributed by atoms with E-state index in [9.17, 15) is 24.3 Å². The lowest BCUT2D eigenvalue weighted by molar-refractivity contribution is -0.143. The number of nitrogens with zero attached hydrogens (tertiary/aromatic N) is 1. The van der Waals surface area contributed by atoms with Gasteiger partial charge in [-0.15, -0.1) is 0 Å². The summed E-state index contributed by atoms with van der Waals surface area (Å²) in [5, 5.41) is 16.8. The van der Waals surface area contributed by atoms with Crippen molar-refractivity contribution >= 4 is 29.7 Å². The summed E-state index contributed by atoms with van der Waals surface area (Å²) >= 11 is 0. The van der Waals surface area contributed by atoms with Gasteiger partial charge in [0.1, 0.15) is 18.1 Å². The summed E-state index contributed by atoms with van der Waals surface area (Å²) in [5.41, 5.74) is 16.5. The Hall–Kier alpha value is -2.89. The van der Waals surface area contributed by atoms with Crippen molar-refractivity contribution in [3.8, 4) is 0 Å². The predicted molar refractivity (Wildman–Crippen MR) is 121 cm³/mol.